The van der Waals surface area contributed by atoms with E-state index in [2.05, 4.69) is 6.58 Å². The third-order valence-corrected chi connectivity index (χ3v) is 0.365. The molecule has 0 aromatic carbocycles. The molecule has 36 valence electrons. The number of hydrogen-bond donors (Lipinski definition) is 1. The molecule has 0 atom stereocenters. The van der Waals surface area contributed by atoms with E-state index in [0.29, 0.717) is 0 Å². The van der Waals surface area contributed by atoms with Crippen molar-refractivity contribution in [1.29, 1.82) is 0 Å². The van der Waals surface area contributed by atoms with Crippen LogP contribution < -0.4 is 68.9 Å². The molecular formula is C4H7CsO2. The summed E-state index contributed by atoms with van der Waals surface area (Å²) in [6.45, 7) is 4.60. The van der Waals surface area contributed by atoms with Crippen molar-refractivity contribution in [3.05, 3.63) is 12.2 Å². The van der Waals surface area contributed by atoms with Crippen molar-refractivity contribution in [1.82, 2.24) is 0 Å². The first-order valence-electron chi connectivity index (χ1n) is 1.53. The number of rotatable bonds is 1. The Morgan fingerprint density at radius 3 is 2.00 bits per heavy atom. The standard InChI is InChI=1S/C4H6O2.Cs.H/c1-3(2)4(5)6;;/h1H2,2H3,(H,5,6);;/q;+1;-1. The van der Waals surface area contributed by atoms with Crippen molar-refractivity contribution < 1.29 is 80.2 Å². The molecular weight excluding hydrogens is 213 g/mol. The molecule has 0 aliphatic carbocycles. The van der Waals surface area contributed by atoms with Crippen LogP contribution in [0, 0.1) is 0 Å². The predicted octanol–water partition coefficient (Wildman–Crippen LogP) is -2.24. The molecule has 0 spiro atoms. The molecule has 7 heavy (non-hydrogen) atoms. The van der Waals surface area contributed by atoms with Gasteiger partial charge in [-0.05, 0) is 6.92 Å². The molecule has 0 aliphatic rings. The van der Waals surface area contributed by atoms with Crippen LogP contribution in [0.4, 0.5) is 0 Å². The first-order chi connectivity index (χ1) is 2.64. The van der Waals surface area contributed by atoms with Crippen molar-refractivity contribution in [2.45, 2.75) is 6.92 Å². The van der Waals surface area contributed by atoms with E-state index < -0.39 is 5.97 Å². The number of carboxylic acid groups (broad SMARTS) is 1. The Morgan fingerprint density at radius 2 is 2.00 bits per heavy atom. The van der Waals surface area contributed by atoms with Crippen molar-refractivity contribution in [3.8, 4) is 0 Å². The number of carbonyl (C=O) groups is 1. The van der Waals surface area contributed by atoms with E-state index in [9.17, 15) is 4.79 Å². The molecule has 0 aromatic rings. The summed E-state index contributed by atoms with van der Waals surface area (Å²) in [5, 5.41) is 7.89. The van der Waals surface area contributed by atoms with Crippen LogP contribution in [0.3, 0.4) is 0 Å². The summed E-state index contributed by atoms with van der Waals surface area (Å²) in [6, 6.07) is 0. The molecule has 0 amide bonds. The van der Waals surface area contributed by atoms with Crippen LogP contribution in [0.25, 0.3) is 0 Å². The van der Waals surface area contributed by atoms with Gasteiger partial charge in [0, 0.05) is 5.57 Å². The molecule has 0 fully saturated rings. The average molecular weight is 220 g/mol. The third-order valence-electron chi connectivity index (χ3n) is 0.365. The van der Waals surface area contributed by atoms with Crippen LogP contribution in [-0.2, 0) is 4.79 Å². The van der Waals surface area contributed by atoms with Crippen LogP contribution in [-0.4, -0.2) is 11.1 Å². The fourth-order valence-corrected chi connectivity index (χ4v) is 0. The zero-order valence-corrected chi connectivity index (χ0v) is 10.8. The maximum absolute atomic E-state index is 9.60. The van der Waals surface area contributed by atoms with Gasteiger partial charge in [0.2, 0.25) is 0 Å². The van der Waals surface area contributed by atoms with Gasteiger partial charge in [-0.15, -0.1) is 0 Å². The van der Waals surface area contributed by atoms with E-state index in [1.54, 1.807) is 0 Å². The predicted molar refractivity (Wildman–Crippen MR) is 23.6 cm³/mol. The van der Waals surface area contributed by atoms with E-state index in [1.807, 2.05) is 0 Å². The average Bonchev–Trinajstić information content (AvgIpc) is 1.36. The number of aliphatic carboxylic acids is 1. The fraction of sp³-hybridized carbons (Fsp3) is 0.250. The van der Waals surface area contributed by atoms with Crippen LogP contribution in [0.5, 0.6) is 0 Å². The van der Waals surface area contributed by atoms with Crippen LogP contribution >= 0.6 is 0 Å². The normalized spacial score (nSPS) is 6.43. The van der Waals surface area contributed by atoms with E-state index in [0.717, 1.165) is 0 Å². The minimum atomic E-state index is -0.935. The Balaban J connectivity index is -0.000000125. The van der Waals surface area contributed by atoms with Gasteiger partial charge in [-0.1, -0.05) is 6.58 Å². The van der Waals surface area contributed by atoms with Crippen LogP contribution in [0.1, 0.15) is 8.35 Å². The quantitative estimate of drug-likeness (QED) is 0.507. The Bertz CT molecular complexity index is 80.0. The maximum atomic E-state index is 9.60. The molecule has 1 N–H and O–H groups in total. The Kier molecular flexibility index (Phi) is 8.57. The summed E-state index contributed by atoms with van der Waals surface area (Å²) in [6.07, 6.45) is 0. The molecule has 0 saturated heterocycles. The van der Waals surface area contributed by atoms with Crippen LogP contribution in [0.15, 0.2) is 12.2 Å². The van der Waals surface area contributed by atoms with Gasteiger partial charge in [0.05, 0.1) is 0 Å². The summed E-state index contributed by atoms with van der Waals surface area (Å²) in [5.74, 6) is -0.935. The van der Waals surface area contributed by atoms with E-state index in [4.69, 9.17) is 5.11 Å². The van der Waals surface area contributed by atoms with E-state index in [1.165, 1.54) is 6.92 Å². The Hall–Kier alpha value is 1.26. The monoisotopic (exact) mass is 220 g/mol. The van der Waals surface area contributed by atoms with Gasteiger partial charge in [0.15, 0.2) is 0 Å². The summed E-state index contributed by atoms with van der Waals surface area (Å²) < 4.78 is 0. The molecule has 0 heterocycles. The molecule has 3 heteroatoms. The van der Waals surface area contributed by atoms with Crippen LogP contribution in [0.2, 0.25) is 0 Å². The second kappa shape index (κ2) is 5.40. The molecule has 0 radical (unpaired) electrons. The second-order valence-electron chi connectivity index (χ2n) is 1.09. The third kappa shape index (κ3) is 7.26. The van der Waals surface area contributed by atoms with Gasteiger partial charge in [-0.25, -0.2) is 4.79 Å². The summed E-state index contributed by atoms with van der Waals surface area (Å²) in [7, 11) is 0. The summed E-state index contributed by atoms with van der Waals surface area (Å²) >= 11 is 0. The van der Waals surface area contributed by atoms with Gasteiger partial charge in [-0.3, -0.25) is 0 Å². The van der Waals surface area contributed by atoms with E-state index in [-0.39, 0.29) is 75.9 Å². The number of carboxylic acids is 1. The minimum Gasteiger partial charge on any atom is -1.00 e. The van der Waals surface area contributed by atoms with Gasteiger partial charge < -0.3 is 6.53 Å². The van der Waals surface area contributed by atoms with Crippen molar-refractivity contribution in [2.75, 3.05) is 0 Å². The second-order valence-corrected chi connectivity index (χ2v) is 1.09. The largest absolute Gasteiger partial charge is 1.00 e. The fourth-order valence-electron chi connectivity index (χ4n) is 0. The molecule has 0 rings (SSSR count). The molecule has 0 bridgehead atoms. The summed E-state index contributed by atoms with van der Waals surface area (Å²) in [5.41, 5.74) is 0.176. The number of hydrogen-bond acceptors (Lipinski definition) is 1. The smallest absolute Gasteiger partial charge is 1.00 e. The molecule has 2 nitrogen and oxygen atoms in total. The van der Waals surface area contributed by atoms with Gasteiger partial charge in [-0.2, -0.15) is 0 Å². The zero-order chi connectivity index (χ0) is 5.15. The van der Waals surface area contributed by atoms with Gasteiger partial charge >= 0.3 is 74.9 Å². The van der Waals surface area contributed by atoms with Gasteiger partial charge in [0.25, 0.3) is 0 Å². The Morgan fingerprint density at radius 1 is 1.86 bits per heavy atom. The first kappa shape index (κ1) is 11.1. The van der Waals surface area contributed by atoms with Crippen molar-refractivity contribution in [3.63, 3.8) is 0 Å². The molecule has 0 aromatic heterocycles. The summed E-state index contributed by atoms with van der Waals surface area (Å²) in [4.78, 5) is 9.60. The SMILES string of the molecule is C=C(C)C(=O)O.[Cs+].[H-]. The van der Waals surface area contributed by atoms with Crippen molar-refractivity contribution in [2.24, 2.45) is 0 Å². The Labute approximate surface area is 103 Å². The minimum absolute atomic E-state index is 0. The molecule has 0 aliphatic heterocycles. The topological polar surface area (TPSA) is 37.3 Å². The zero-order valence-electron chi connectivity index (χ0n) is 5.56. The van der Waals surface area contributed by atoms with Crippen molar-refractivity contribution >= 4 is 5.97 Å². The first-order valence-corrected chi connectivity index (χ1v) is 1.53. The van der Waals surface area contributed by atoms with Gasteiger partial charge in [0.1, 0.15) is 0 Å². The molecule has 0 unspecified atom stereocenters. The maximum Gasteiger partial charge on any atom is 1.00 e. The van der Waals surface area contributed by atoms with E-state index >= 15 is 0 Å². The molecule has 0 saturated carbocycles.